The van der Waals surface area contributed by atoms with Gasteiger partial charge >= 0.3 is 5.97 Å². The fraction of sp³-hybridized carbons (Fsp3) is 0.296. The van der Waals surface area contributed by atoms with E-state index in [-0.39, 0.29) is 47.0 Å². The van der Waals surface area contributed by atoms with Gasteiger partial charge in [-0.2, -0.15) is 0 Å². The Bertz CT molecular complexity index is 1320. The molecular weight excluding hydrogens is 462 g/mol. The summed E-state index contributed by atoms with van der Waals surface area (Å²) in [7, 11) is 0. The van der Waals surface area contributed by atoms with Crippen LogP contribution in [0.15, 0.2) is 60.2 Å². The number of nitrogens with one attached hydrogen (secondary N) is 2. The number of hydrogen-bond acceptors (Lipinski definition) is 6. The Morgan fingerprint density at radius 2 is 1.64 bits per heavy atom. The molecule has 2 aromatic carbocycles. The molecule has 4 atom stereocenters. The number of anilines is 3. The lowest BCUT2D eigenvalue weighted by molar-refractivity contribution is -0.123. The Morgan fingerprint density at radius 3 is 2.33 bits per heavy atom. The number of hydrogen-bond donors (Lipinski definition) is 2. The Balaban J connectivity index is 1.20. The average molecular weight is 488 g/mol. The zero-order valence-electron chi connectivity index (χ0n) is 19.8. The van der Waals surface area contributed by atoms with E-state index in [9.17, 15) is 24.0 Å². The van der Waals surface area contributed by atoms with Gasteiger partial charge in [0.05, 0.1) is 23.1 Å². The van der Waals surface area contributed by atoms with E-state index >= 15 is 0 Å². The third kappa shape index (κ3) is 4.17. The van der Waals surface area contributed by atoms with Crippen LogP contribution in [0.1, 0.15) is 30.6 Å². The zero-order chi connectivity index (χ0) is 25.6. The minimum Gasteiger partial charge on any atom is -0.452 e. The maximum Gasteiger partial charge on any atom is 0.338 e. The highest BCUT2D eigenvalue weighted by Crippen LogP contribution is 2.55. The van der Waals surface area contributed by atoms with Crippen molar-refractivity contribution >= 4 is 46.7 Å². The predicted molar refractivity (Wildman–Crippen MR) is 131 cm³/mol. The summed E-state index contributed by atoms with van der Waals surface area (Å²) in [5, 5.41) is 5.23. The van der Waals surface area contributed by atoms with Gasteiger partial charge in [-0.3, -0.25) is 19.2 Å². The smallest absolute Gasteiger partial charge is 0.338 e. The van der Waals surface area contributed by atoms with Gasteiger partial charge in [0, 0.05) is 18.3 Å². The van der Waals surface area contributed by atoms with Crippen molar-refractivity contribution in [2.24, 2.45) is 23.7 Å². The number of amides is 4. The highest BCUT2D eigenvalue weighted by Gasteiger charge is 2.60. The van der Waals surface area contributed by atoms with Crippen molar-refractivity contribution in [2.75, 3.05) is 22.1 Å². The van der Waals surface area contributed by atoms with Crippen molar-refractivity contribution in [1.29, 1.82) is 0 Å². The quantitative estimate of drug-likeness (QED) is 0.367. The molecule has 0 spiro atoms. The molecule has 3 aliphatic rings. The molecule has 0 radical (unpaired) electrons. The van der Waals surface area contributed by atoms with Crippen molar-refractivity contribution in [1.82, 2.24) is 0 Å². The molecule has 184 valence electrons. The van der Waals surface area contributed by atoms with E-state index < -0.39 is 18.5 Å². The van der Waals surface area contributed by atoms with Gasteiger partial charge in [0.2, 0.25) is 17.7 Å². The molecule has 1 saturated carbocycles. The summed E-state index contributed by atoms with van der Waals surface area (Å²) in [6, 6.07) is 12.6. The molecule has 2 fully saturated rings. The first-order valence-corrected chi connectivity index (χ1v) is 11.7. The topological polar surface area (TPSA) is 122 Å². The number of nitrogens with zero attached hydrogens (tertiary/aromatic N) is 1. The van der Waals surface area contributed by atoms with Gasteiger partial charge in [0.25, 0.3) is 5.91 Å². The van der Waals surface area contributed by atoms with Crippen LogP contribution in [-0.2, 0) is 23.9 Å². The van der Waals surface area contributed by atoms with E-state index in [1.54, 1.807) is 36.4 Å². The number of rotatable bonds is 6. The van der Waals surface area contributed by atoms with Crippen molar-refractivity contribution in [3.8, 4) is 0 Å². The summed E-state index contributed by atoms with van der Waals surface area (Å²) in [5.74, 6) is -2.41. The summed E-state index contributed by atoms with van der Waals surface area (Å²) in [6.45, 7) is 2.89. The second kappa shape index (κ2) is 9.07. The van der Waals surface area contributed by atoms with E-state index in [1.165, 1.54) is 29.5 Å². The number of allylic oxidation sites excluding steroid dienone is 2. The number of esters is 1. The summed E-state index contributed by atoms with van der Waals surface area (Å²) < 4.78 is 5.14. The lowest BCUT2D eigenvalue weighted by Crippen LogP contribution is -2.33. The van der Waals surface area contributed by atoms with Crippen molar-refractivity contribution in [2.45, 2.75) is 20.3 Å². The standard InChI is InChI=1S/C27H25N3O6/c1-14-10-17-12-21(14)24-23(17)25(33)30(26(24)34)20-5-3-4-16(11-20)27(35)36-13-22(32)29-19-8-6-18(7-9-19)28-15(2)31/h3-11,17,21,23-24H,12-13H2,1-2H3,(H,28,31)(H,29,32)/t17-,21+,23-,24+/m0/s1. The van der Waals surface area contributed by atoms with E-state index in [0.717, 1.165) is 6.42 Å². The first-order chi connectivity index (χ1) is 17.2. The molecule has 9 nitrogen and oxygen atoms in total. The van der Waals surface area contributed by atoms with E-state index in [4.69, 9.17) is 4.74 Å². The van der Waals surface area contributed by atoms with Gasteiger partial charge in [0.15, 0.2) is 6.61 Å². The highest BCUT2D eigenvalue weighted by atomic mass is 16.5. The summed E-state index contributed by atoms with van der Waals surface area (Å²) in [6.07, 6.45) is 2.96. The van der Waals surface area contributed by atoms with Gasteiger partial charge < -0.3 is 15.4 Å². The van der Waals surface area contributed by atoms with Crippen LogP contribution in [-0.4, -0.2) is 36.2 Å². The number of benzene rings is 2. The van der Waals surface area contributed by atoms with Gasteiger partial charge in [-0.05, 0) is 67.6 Å². The molecule has 2 aliphatic carbocycles. The molecule has 9 heteroatoms. The molecule has 1 heterocycles. The van der Waals surface area contributed by atoms with Crippen molar-refractivity contribution < 1.29 is 28.7 Å². The summed E-state index contributed by atoms with van der Waals surface area (Å²) >= 11 is 0. The second-order valence-corrected chi connectivity index (χ2v) is 9.41. The minimum absolute atomic E-state index is 0.0923. The first-order valence-electron chi connectivity index (χ1n) is 11.7. The largest absolute Gasteiger partial charge is 0.452 e. The molecular formula is C27H25N3O6. The second-order valence-electron chi connectivity index (χ2n) is 9.41. The van der Waals surface area contributed by atoms with E-state index in [2.05, 4.69) is 16.7 Å². The molecule has 2 aromatic rings. The normalized spacial score (nSPS) is 23.8. The van der Waals surface area contributed by atoms with E-state index in [0.29, 0.717) is 17.1 Å². The van der Waals surface area contributed by atoms with Crippen LogP contribution >= 0.6 is 0 Å². The van der Waals surface area contributed by atoms with Gasteiger partial charge in [0.1, 0.15) is 0 Å². The van der Waals surface area contributed by atoms with Crippen LogP contribution in [0.5, 0.6) is 0 Å². The highest BCUT2D eigenvalue weighted by molar-refractivity contribution is 6.23. The monoisotopic (exact) mass is 487 g/mol. The predicted octanol–water partition coefficient (Wildman–Crippen LogP) is 3.14. The fourth-order valence-corrected chi connectivity index (χ4v) is 5.55. The van der Waals surface area contributed by atoms with Crippen LogP contribution in [0.2, 0.25) is 0 Å². The lowest BCUT2D eigenvalue weighted by atomic mass is 9.82. The Labute approximate surface area is 207 Å². The maximum atomic E-state index is 13.2. The Kier molecular flexibility index (Phi) is 5.91. The Hall–Kier alpha value is -4.27. The number of imide groups is 1. The third-order valence-corrected chi connectivity index (χ3v) is 7.04. The van der Waals surface area contributed by atoms with Crippen molar-refractivity contribution in [3.05, 3.63) is 65.7 Å². The van der Waals surface area contributed by atoms with Gasteiger partial charge in [-0.25, -0.2) is 9.69 Å². The van der Waals surface area contributed by atoms with Crippen LogP contribution in [0.25, 0.3) is 0 Å². The molecule has 2 bridgehead atoms. The summed E-state index contributed by atoms with van der Waals surface area (Å²) in [5.41, 5.74) is 2.69. The number of carbonyl (C=O) groups excluding carboxylic acids is 5. The maximum absolute atomic E-state index is 13.2. The number of carbonyl (C=O) groups is 5. The molecule has 0 aromatic heterocycles. The number of ether oxygens (including phenoxy) is 1. The van der Waals surface area contributed by atoms with Gasteiger partial charge in [-0.15, -0.1) is 0 Å². The number of fused-ring (bicyclic) bond motifs is 5. The van der Waals surface area contributed by atoms with Crippen LogP contribution in [0.4, 0.5) is 17.1 Å². The lowest BCUT2D eigenvalue weighted by Gasteiger charge is -2.19. The summed E-state index contributed by atoms with van der Waals surface area (Å²) in [4.78, 5) is 63.4. The molecule has 4 amide bonds. The minimum atomic E-state index is -0.745. The fourth-order valence-electron chi connectivity index (χ4n) is 5.55. The van der Waals surface area contributed by atoms with E-state index in [1.807, 2.05) is 6.92 Å². The van der Waals surface area contributed by atoms with Crippen LogP contribution in [0.3, 0.4) is 0 Å². The Morgan fingerprint density at radius 1 is 0.972 bits per heavy atom. The molecule has 2 N–H and O–H groups in total. The van der Waals surface area contributed by atoms with Crippen molar-refractivity contribution in [3.63, 3.8) is 0 Å². The molecule has 5 rings (SSSR count). The zero-order valence-corrected chi connectivity index (χ0v) is 19.8. The van der Waals surface area contributed by atoms with Gasteiger partial charge in [-0.1, -0.05) is 17.7 Å². The molecule has 1 saturated heterocycles. The van der Waals surface area contributed by atoms with Crippen LogP contribution < -0.4 is 15.5 Å². The molecule has 1 aliphatic heterocycles. The SMILES string of the molecule is CC(=O)Nc1ccc(NC(=O)COC(=O)c2cccc(N3C(=O)[C@@H]4[C@H](C3=O)[C@@H]3C[C@@H]4C=C3C)c2)cc1. The molecule has 36 heavy (non-hydrogen) atoms. The third-order valence-electron chi connectivity index (χ3n) is 7.04. The first kappa shape index (κ1) is 23.5. The average Bonchev–Trinajstić information content (AvgIpc) is 3.48. The van der Waals surface area contributed by atoms with Crippen LogP contribution in [0, 0.1) is 23.7 Å². The molecule has 0 unspecified atom stereocenters.